The first kappa shape index (κ1) is 21.1. The molecule has 0 aliphatic carbocycles. The number of hydrogen-bond donors (Lipinski definition) is 1. The van der Waals surface area contributed by atoms with Gasteiger partial charge in [0, 0.05) is 15.6 Å². The third kappa shape index (κ3) is 5.89. The van der Waals surface area contributed by atoms with E-state index >= 15 is 0 Å². The van der Waals surface area contributed by atoms with Crippen molar-refractivity contribution in [2.24, 2.45) is 0 Å². The van der Waals surface area contributed by atoms with Crippen molar-refractivity contribution >= 4 is 58.5 Å². The highest BCUT2D eigenvalue weighted by molar-refractivity contribution is 8.00. The fraction of sp³-hybridized carbons (Fsp3) is 0.167. The van der Waals surface area contributed by atoms with Crippen molar-refractivity contribution in [2.75, 3.05) is 25.3 Å². The summed E-state index contributed by atoms with van der Waals surface area (Å²) in [7, 11) is 2.44. The standard InChI is InChI=1S/C18H15Cl2NO5S/c1-25-17(23)10-5-11(18(24)26-2)7-13(6-10)21-16(22)9-27-15-8-12(19)3-4-14(15)20/h3-8H,9H2,1-2H3,(H,21,22). The number of halogens is 2. The molecule has 2 rings (SSSR count). The molecule has 0 bridgehead atoms. The summed E-state index contributed by atoms with van der Waals surface area (Å²) in [6.45, 7) is 0. The van der Waals surface area contributed by atoms with Gasteiger partial charge in [-0.3, -0.25) is 4.79 Å². The molecule has 0 radical (unpaired) electrons. The maximum absolute atomic E-state index is 12.2. The van der Waals surface area contributed by atoms with Gasteiger partial charge in [-0.2, -0.15) is 0 Å². The number of carbonyl (C=O) groups is 3. The zero-order chi connectivity index (χ0) is 20.0. The summed E-state index contributed by atoms with van der Waals surface area (Å²) in [6.07, 6.45) is 0. The van der Waals surface area contributed by atoms with Crippen LogP contribution >= 0.6 is 35.0 Å². The number of rotatable bonds is 6. The molecule has 142 valence electrons. The predicted octanol–water partition coefficient (Wildman–Crippen LogP) is 4.30. The molecule has 0 aromatic heterocycles. The molecule has 1 amide bonds. The number of nitrogens with one attached hydrogen (secondary N) is 1. The Morgan fingerprint density at radius 1 is 0.963 bits per heavy atom. The molecule has 0 saturated carbocycles. The Kier molecular flexibility index (Phi) is 7.53. The number of anilines is 1. The highest BCUT2D eigenvalue weighted by Crippen LogP contribution is 2.30. The molecular weight excluding hydrogens is 413 g/mol. The molecule has 2 aromatic carbocycles. The van der Waals surface area contributed by atoms with Crippen molar-refractivity contribution in [1.29, 1.82) is 0 Å². The molecule has 0 atom stereocenters. The predicted molar refractivity (Wildman–Crippen MR) is 105 cm³/mol. The van der Waals surface area contributed by atoms with E-state index in [1.807, 2.05) is 0 Å². The van der Waals surface area contributed by atoms with Gasteiger partial charge in [0.15, 0.2) is 0 Å². The second-order valence-electron chi connectivity index (χ2n) is 5.19. The van der Waals surface area contributed by atoms with Gasteiger partial charge in [0.25, 0.3) is 0 Å². The van der Waals surface area contributed by atoms with Crippen molar-refractivity contribution in [1.82, 2.24) is 0 Å². The minimum absolute atomic E-state index is 0.0517. The molecule has 0 fully saturated rings. The summed E-state index contributed by atoms with van der Waals surface area (Å²) in [4.78, 5) is 36.5. The summed E-state index contributed by atoms with van der Waals surface area (Å²) in [5.41, 5.74) is 0.489. The van der Waals surface area contributed by atoms with Gasteiger partial charge in [0.05, 0.1) is 36.1 Å². The quantitative estimate of drug-likeness (QED) is 0.546. The molecule has 0 aliphatic rings. The van der Waals surface area contributed by atoms with Crippen LogP contribution in [0.25, 0.3) is 0 Å². The van der Waals surface area contributed by atoms with Gasteiger partial charge in [0.1, 0.15) is 0 Å². The van der Waals surface area contributed by atoms with E-state index < -0.39 is 11.9 Å². The monoisotopic (exact) mass is 427 g/mol. The molecule has 0 heterocycles. The number of benzene rings is 2. The fourth-order valence-electron chi connectivity index (χ4n) is 2.10. The molecule has 0 aliphatic heterocycles. The number of methoxy groups -OCH3 is 2. The van der Waals surface area contributed by atoms with Crippen LogP contribution in [0.1, 0.15) is 20.7 Å². The van der Waals surface area contributed by atoms with Crippen LogP contribution in [-0.4, -0.2) is 37.8 Å². The smallest absolute Gasteiger partial charge is 0.337 e. The minimum Gasteiger partial charge on any atom is -0.465 e. The van der Waals surface area contributed by atoms with Crippen LogP contribution in [0.2, 0.25) is 10.0 Å². The molecule has 6 nitrogen and oxygen atoms in total. The summed E-state index contributed by atoms with van der Waals surface area (Å²) in [6, 6.07) is 9.11. The number of amides is 1. The molecule has 27 heavy (non-hydrogen) atoms. The normalized spacial score (nSPS) is 10.2. The van der Waals surface area contributed by atoms with Crippen LogP contribution in [-0.2, 0) is 14.3 Å². The second kappa shape index (κ2) is 9.64. The Bertz CT molecular complexity index is 854. The lowest BCUT2D eigenvalue weighted by Crippen LogP contribution is -2.16. The largest absolute Gasteiger partial charge is 0.465 e. The first-order chi connectivity index (χ1) is 12.8. The van der Waals surface area contributed by atoms with E-state index in [4.69, 9.17) is 23.2 Å². The van der Waals surface area contributed by atoms with Crippen LogP contribution in [0, 0.1) is 0 Å². The Morgan fingerprint density at radius 2 is 1.56 bits per heavy atom. The molecule has 1 N–H and O–H groups in total. The average molecular weight is 428 g/mol. The Labute approximate surface area is 170 Å². The Morgan fingerprint density at radius 3 is 2.11 bits per heavy atom. The van der Waals surface area contributed by atoms with Gasteiger partial charge >= 0.3 is 11.9 Å². The first-order valence-corrected chi connectivity index (χ1v) is 9.27. The summed E-state index contributed by atoms with van der Waals surface area (Å²) >= 11 is 13.2. The molecule has 0 saturated heterocycles. The van der Waals surface area contributed by atoms with Crippen molar-refractivity contribution in [3.05, 3.63) is 57.6 Å². The molecule has 2 aromatic rings. The average Bonchev–Trinajstić information content (AvgIpc) is 2.67. The zero-order valence-corrected chi connectivity index (χ0v) is 16.7. The van der Waals surface area contributed by atoms with Gasteiger partial charge in [-0.05, 0) is 36.4 Å². The Hall–Kier alpha value is -2.22. The highest BCUT2D eigenvalue weighted by Gasteiger charge is 2.15. The topological polar surface area (TPSA) is 81.7 Å². The molecule has 0 spiro atoms. The first-order valence-electron chi connectivity index (χ1n) is 7.53. The maximum atomic E-state index is 12.2. The number of hydrogen-bond acceptors (Lipinski definition) is 6. The van der Waals surface area contributed by atoms with E-state index in [1.165, 1.54) is 44.2 Å². The maximum Gasteiger partial charge on any atom is 0.337 e. The lowest BCUT2D eigenvalue weighted by Gasteiger charge is -2.10. The Balaban J connectivity index is 2.15. The molecule has 0 unspecified atom stereocenters. The van der Waals surface area contributed by atoms with Crippen molar-refractivity contribution in [3.63, 3.8) is 0 Å². The van der Waals surface area contributed by atoms with Gasteiger partial charge in [-0.25, -0.2) is 9.59 Å². The number of esters is 2. The number of thioether (sulfide) groups is 1. The van der Waals surface area contributed by atoms with E-state index in [9.17, 15) is 14.4 Å². The molecule has 9 heteroatoms. The third-order valence-corrected chi connectivity index (χ3v) is 5.04. The summed E-state index contributed by atoms with van der Waals surface area (Å²) < 4.78 is 9.32. The van der Waals surface area contributed by atoms with Crippen molar-refractivity contribution < 1.29 is 23.9 Å². The lowest BCUT2D eigenvalue weighted by atomic mass is 10.1. The van der Waals surface area contributed by atoms with E-state index in [0.717, 1.165) is 0 Å². The van der Waals surface area contributed by atoms with Crippen molar-refractivity contribution in [3.8, 4) is 0 Å². The summed E-state index contributed by atoms with van der Waals surface area (Å²) in [5.74, 6) is -1.59. The van der Waals surface area contributed by atoms with E-state index in [2.05, 4.69) is 14.8 Å². The van der Waals surface area contributed by atoms with Crippen LogP contribution in [0.4, 0.5) is 5.69 Å². The number of ether oxygens (including phenoxy) is 2. The fourth-order valence-corrected chi connectivity index (χ4v) is 3.39. The second-order valence-corrected chi connectivity index (χ2v) is 7.05. The van der Waals surface area contributed by atoms with Crippen LogP contribution < -0.4 is 5.32 Å². The van der Waals surface area contributed by atoms with E-state index in [1.54, 1.807) is 18.2 Å². The molecular formula is C18H15Cl2NO5S. The van der Waals surface area contributed by atoms with Crippen LogP contribution in [0.15, 0.2) is 41.3 Å². The van der Waals surface area contributed by atoms with Gasteiger partial charge < -0.3 is 14.8 Å². The minimum atomic E-state index is -0.642. The van der Waals surface area contributed by atoms with E-state index in [0.29, 0.717) is 14.9 Å². The summed E-state index contributed by atoms with van der Waals surface area (Å²) in [5, 5.41) is 3.63. The van der Waals surface area contributed by atoms with Crippen molar-refractivity contribution in [2.45, 2.75) is 4.90 Å². The third-order valence-electron chi connectivity index (χ3n) is 3.31. The van der Waals surface area contributed by atoms with Gasteiger partial charge in [-0.1, -0.05) is 23.2 Å². The van der Waals surface area contributed by atoms with Crippen LogP contribution in [0.5, 0.6) is 0 Å². The van der Waals surface area contributed by atoms with E-state index in [-0.39, 0.29) is 28.5 Å². The lowest BCUT2D eigenvalue weighted by molar-refractivity contribution is -0.113. The van der Waals surface area contributed by atoms with Gasteiger partial charge in [-0.15, -0.1) is 11.8 Å². The number of carbonyl (C=O) groups excluding carboxylic acids is 3. The van der Waals surface area contributed by atoms with Crippen LogP contribution in [0.3, 0.4) is 0 Å². The zero-order valence-electron chi connectivity index (χ0n) is 14.4. The highest BCUT2D eigenvalue weighted by atomic mass is 35.5. The SMILES string of the molecule is COC(=O)c1cc(NC(=O)CSc2cc(Cl)ccc2Cl)cc(C(=O)OC)c1. The van der Waals surface area contributed by atoms with Gasteiger partial charge in [0.2, 0.25) is 5.91 Å².